The Kier molecular flexibility index (Phi) is 6.51. The van der Waals surface area contributed by atoms with Gasteiger partial charge in [-0.2, -0.15) is 4.31 Å². The highest BCUT2D eigenvalue weighted by molar-refractivity contribution is 7.89. The standard InChI is InChI=1S/C21H22N4O5S2/c1-14-3-5-15(6-4-14)20-23-24-21(31-20)22-19(26)17-13-16(7-8-18(17)29-2)32(27,28)25-9-11-30-12-10-25/h3-8,13H,9-12H2,1-2H3,(H,22,24,26). The number of hydrogen-bond donors (Lipinski definition) is 1. The second-order valence-electron chi connectivity index (χ2n) is 7.11. The molecule has 9 nitrogen and oxygen atoms in total. The largest absolute Gasteiger partial charge is 0.496 e. The number of sulfonamides is 1. The minimum absolute atomic E-state index is 0.0166. The van der Waals surface area contributed by atoms with Crippen molar-refractivity contribution in [1.82, 2.24) is 14.5 Å². The molecule has 1 aromatic heterocycles. The van der Waals surface area contributed by atoms with Crippen molar-refractivity contribution in [3.63, 3.8) is 0 Å². The lowest BCUT2D eigenvalue weighted by molar-refractivity contribution is 0.0730. The van der Waals surface area contributed by atoms with E-state index in [1.807, 2.05) is 31.2 Å². The summed E-state index contributed by atoms with van der Waals surface area (Å²) in [6.45, 7) is 3.20. The molecule has 168 valence electrons. The van der Waals surface area contributed by atoms with Gasteiger partial charge in [0.1, 0.15) is 10.8 Å². The number of anilines is 1. The molecule has 0 spiro atoms. The van der Waals surface area contributed by atoms with E-state index in [2.05, 4.69) is 15.5 Å². The van der Waals surface area contributed by atoms with Crippen molar-refractivity contribution in [2.24, 2.45) is 0 Å². The fourth-order valence-electron chi connectivity index (χ4n) is 3.21. The number of aryl methyl sites for hydroxylation is 1. The number of carbonyl (C=O) groups excluding carboxylic acids is 1. The van der Waals surface area contributed by atoms with Crippen LogP contribution in [0.25, 0.3) is 10.6 Å². The maximum absolute atomic E-state index is 13.0. The summed E-state index contributed by atoms with van der Waals surface area (Å²) in [4.78, 5) is 13.0. The molecule has 1 saturated heterocycles. The zero-order chi connectivity index (χ0) is 22.7. The Morgan fingerprint density at radius 3 is 2.53 bits per heavy atom. The van der Waals surface area contributed by atoms with E-state index in [1.165, 1.54) is 41.0 Å². The van der Waals surface area contributed by atoms with Gasteiger partial charge in [0.15, 0.2) is 0 Å². The lowest BCUT2D eigenvalue weighted by Crippen LogP contribution is -2.40. The molecule has 0 atom stereocenters. The van der Waals surface area contributed by atoms with Gasteiger partial charge >= 0.3 is 0 Å². The summed E-state index contributed by atoms with van der Waals surface area (Å²) in [7, 11) is -2.34. The highest BCUT2D eigenvalue weighted by Crippen LogP contribution is 2.29. The molecule has 11 heteroatoms. The molecule has 0 aliphatic carbocycles. The molecule has 0 saturated carbocycles. The normalized spacial score (nSPS) is 14.8. The average molecular weight is 475 g/mol. The highest BCUT2D eigenvalue weighted by Gasteiger charge is 2.28. The quantitative estimate of drug-likeness (QED) is 0.585. The highest BCUT2D eigenvalue weighted by atomic mass is 32.2. The molecular weight excluding hydrogens is 452 g/mol. The molecule has 1 N–H and O–H groups in total. The molecule has 3 aromatic rings. The number of nitrogens with zero attached hydrogens (tertiary/aromatic N) is 3. The van der Waals surface area contributed by atoms with E-state index in [0.29, 0.717) is 23.4 Å². The van der Waals surface area contributed by atoms with Crippen LogP contribution in [-0.4, -0.2) is 62.2 Å². The summed E-state index contributed by atoms with van der Waals surface area (Å²) in [5, 5.41) is 11.8. The summed E-state index contributed by atoms with van der Waals surface area (Å²) < 4.78 is 37.8. The third-order valence-electron chi connectivity index (χ3n) is 4.97. The van der Waals surface area contributed by atoms with Gasteiger partial charge in [-0.1, -0.05) is 41.2 Å². The van der Waals surface area contributed by atoms with Gasteiger partial charge in [-0.25, -0.2) is 8.42 Å². The fourth-order valence-corrected chi connectivity index (χ4v) is 5.39. The van der Waals surface area contributed by atoms with Crippen molar-refractivity contribution >= 4 is 32.4 Å². The van der Waals surface area contributed by atoms with Crippen molar-refractivity contribution in [3.8, 4) is 16.3 Å². The van der Waals surface area contributed by atoms with E-state index < -0.39 is 15.9 Å². The zero-order valence-electron chi connectivity index (χ0n) is 17.6. The number of hydrogen-bond acceptors (Lipinski definition) is 8. The second-order valence-corrected chi connectivity index (χ2v) is 10.0. The molecule has 4 rings (SSSR count). The van der Waals surface area contributed by atoms with Gasteiger partial charge in [-0.3, -0.25) is 10.1 Å². The fraction of sp³-hybridized carbons (Fsp3) is 0.286. The zero-order valence-corrected chi connectivity index (χ0v) is 19.2. The van der Waals surface area contributed by atoms with Gasteiger partial charge in [0, 0.05) is 18.7 Å². The molecule has 2 heterocycles. The number of nitrogens with one attached hydrogen (secondary N) is 1. The Bertz CT molecular complexity index is 1220. The van der Waals surface area contributed by atoms with Crippen LogP contribution in [0, 0.1) is 6.92 Å². The molecule has 0 bridgehead atoms. The number of rotatable bonds is 6. The lowest BCUT2D eigenvalue weighted by atomic mass is 10.2. The molecular formula is C21H22N4O5S2. The van der Waals surface area contributed by atoms with Crippen molar-refractivity contribution in [2.75, 3.05) is 38.7 Å². The van der Waals surface area contributed by atoms with E-state index in [9.17, 15) is 13.2 Å². The Balaban J connectivity index is 1.58. The molecule has 32 heavy (non-hydrogen) atoms. The average Bonchev–Trinajstić information content (AvgIpc) is 3.28. The van der Waals surface area contributed by atoms with Crippen LogP contribution in [0.15, 0.2) is 47.4 Å². The lowest BCUT2D eigenvalue weighted by Gasteiger charge is -2.26. The SMILES string of the molecule is COc1ccc(S(=O)(=O)N2CCOCC2)cc1C(=O)Nc1nnc(-c2ccc(C)cc2)s1. The van der Waals surface area contributed by atoms with Crippen LogP contribution in [0.4, 0.5) is 5.13 Å². The smallest absolute Gasteiger partial charge is 0.261 e. The first-order valence-corrected chi connectivity index (χ1v) is 12.1. The van der Waals surface area contributed by atoms with Gasteiger partial charge < -0.3 is 9.47 Å². The van der Waals surface area contributed by atoms with Crippen molar-refractivity contribution in [2.45, 2.75) is 11.8 Å². The Morgan fingerprint density at radius 1 is 1.12 bits per heavy atom. The Hall–Kier alpha value is -2.86. The van der Waals surface area contributed by atoms with Gasteiger partial charge in [0.25, 0.3) is 5.91 Å². The van der Waals surface area contributed by atoms with Crippen LogP contribution in [0.2, 0.25) is 0 Å². The number of carbonyl (C=O) groups is 1. The minimum Gasteiger partial charge on any atom is -0.496 e. The van der Waals surface area contributed by atoms with Crippen LogP contribution < -0.4 is 10.1 Å². The molecule has 2 aromatic carbocycles. The van der Waals surface area contributed by atoms with E-state index in [-0.39, 0.29) is 29.3 Å². The minimum atomic E-state index is -3.76. The topological polar surface area (TPSA) is 111 Å². The predicted octanol–water partition coefficient (Wildman–Crippen LogP) is 2.80. The van der Waals surface area contributed by atoms with E-state index in [4.69, 9.17) is 9.47 Å². The van der Waals surface area contributed by atoms with Gasteiger partial charge in [-0.15, -0.1) is 10.2 Å². The van der Waals surface area contributed by atoms with E-state index in [0.717, 1.165) is 11.1 Å². The molecule has 1 aliphatic rings. The molecule has 1 fully saturated rings. The van der Waals surface area contributed by atoms with Gasteiger partial charge in [0.2, 0.25) is 15.2 Å². The predicted molar refractivity (Wildman–Crippen MR) is 121 cm³/mol. The van der Waals surface area contributed by atoms with Crippen molar-refractivity contribution in [1.29, 1.82) is 0 Å². The van der Waals surface area contributed by atoms with Crippen LogP contribution >= 0.6 is 11.3 Å². The summed E-state index contributed by atoms with van der Waals surface area (Å²) in [6, 6.07) is 12.0. The third kappa shape index (κ3) is 4.65. The monoisotopic (exact) mass is 474 g/mol. The van der Waals surface area contributed by atoms with E-state index >= 15 is 0 Å². The van der Waals surface area contributed by atoms with Crippen LogP contribution in [-0.2, 0) is 14.8 Å². The second kappa shape index (κ2) is 9.33. The summed E-state index contributed by atoms with van der Waals surface area (Å²) in [6.07, 6.45) is 0. The van der Waals surface area contributed by atoms with Crippen molar-refractivity contribution < 1.29 is 22.7 Å². The third-order valence-corrected chi connectivity index (χ3v) is 7.75. The first-order chi connectivity index (χ1) is 15.4. The Labute approximate surface area is 190 Å². The maximum Gasteiger partial charge on any atom is 0.261 e. The molecule has 0 radical (unpaired) electrons. The number of ether oxygens (including phenoxy) is 2. The summed E-state index contributed by atoms with van der Waals surface area (Å²) in [5.41, 5.74) is 2.12. The molecule has 0 unspecified atom stereocenters. The van der Waals surface area contributed by atoms with Crippen molar-refractivity contribution in [3.05, 3.63) is 53.6 Å². The summed E-state index contributed by atoms with van der Waals surface area (Å²) >= 11 is 1.23. The van der Waals surface area contributed by atoms with E-state index in [1.54, 1.807) is 0 Å². The maximum atomic E-state index is 13.0. The number of benzene rings is 2. The first kappa shape index (κ1) is 22.3. The Morgan fingerprint density at radius 2 is 1.84 bits per heavy atom. The van der Waals surface area contributed by atoms with Gasteiger partial charge in [-0.05, 0) is 25.1 Å². The molecule has 1 amide bonds. The van der Waals surface area contributed by atoms with Crippen LogP contribution in [0.3, 0.4) is 0 Å². The molecule has 1 aliphatic heterocycles. The van der Waals surface area contributed by atoms with Crippen LogP contribution in [0.5, 0.6) is 5.75 Å². The van der Waals surface area contributed by atoms with Gasteiger partial charge in [0.05, 0.1) is 30.8 Å². The number of methoxy groups -OCH3 is 1. The first-order valence-electron chi connectivity index (χ1n) is 9.86. The number of aromatic nitrogens is 2. The van der Waals surface area contributed by atoms with Crippen LogP contribution in [0.1, 0.15) is 15.9 Å². The summed E-state index contributed by atoms with van der Waals surface area (Å²) in [5.74, 6) is -0.279. The number of amides is 1. The number of morpholine rings is 1.